The Hall–Kier alpha value is -1.63. The number of rotatable bonds is 3. The quantitative estimate of drug-likeness (QED) is 0.820. The molecule has 0 aliphatic heterocycles. The zero-order valence-electron chi connectivity index (χ0n) is 11.2. The zero-order valence-corrected chi connectivity index (χ0v) is 11.2. The molecule has 1 aliphatic rings. The number of carbonyl (C=O) groups excluding carboxylic acids is 1. The lowest BCUT2D eigenvalue weighted by Crippen LogP contribution is -2.31. The van der Waals surface area contributed by atoms with Gasteiger partial charge >= 0.3 is 0 Å². The van der Waals surface area contributed by atoms with Crippen molar-refractivity contribution in [2.24, 2.45) is 17.9 Å². The van der Waals surface area contributed by atoms with E-state index in [2.05, 4.69) is 11.1 Å². The smallest absolute Gasteiger partial charge is 0.158 e. The van der Waals surface area contributed by atoms with Gasteiger partial charge in [0.2, 0.25) is 0 Å². The average Bonchev–Trinajstić information content (AvgIpc) is 2.83. The van der Waals surface area contributed by atoms with Crippen LogP contribution in [0, 0.1) is 22.2 Å². The maximum Gasteiger partial charge on any atom is 0.158 e. The molecule has 1 aromatic heterocycles. The third kappa shape index (κ3) is 1.94. The van der Waals surface area contributed by atoms with E-state index < -0.39 is 5.41 Å². The molecule has 0 spiro atoms. The van der Waals surface area contributed by atoms with E-state index in [1.807, 2.05) is 31.7 Å². The molecule has 1 aromatic rings. The van der Waals surface area contributed by atoms with Crippen molar-refractivity contribution in [2.45, 2.75) is 39.5 Å². The van der Waals surface area contributed by atoms with Gasteiger partial charge in [-0.1, -0.05) is 13.8 Å². The van der Waals surface area contributed by atoms with Gasteiger partial charge in [0.15, 0.2) is 5.78 Å². The molecule has 1 unspecified atom stereocenters. The van der Waals surface area contributed by atoms with Gasteiger partial charge in [-0.2, -0.15) is 5.26 Å². The summed E-state index contributed by atoms with van der Waals surface area (Å²) in [5.41, 5.74) is -1.15. The third-order valence-corrected chi connectivity index (χ3v) is 4.14. The molecule has 4 heteroatoms. The summed E-state index contributed by atoms with van der Waals surface area (Å²) in [7, 11) is 1.93. The highest BCUT2D eigenvalue weighted by atomic mass is 16.1. The molecule has 0 radical (unpaired) electrons. The number of Topliss-reactive ketones (excluding diaryl/α,β-unsaturated/α-hetero) is 1. The molecule has 1 heterocycles. The van der Waals surface area contributed by atoms with Gasteiger partial charge in [-0.15, -0.1) is 0 Å². The normalized spacial score (nSPS) is 26.2. The van der Waals surface area contributed by atoms with Crippen molar-refractivity contribution in [3.8, 4) is 6.07 Å². The number of aromatic nitrogens is 2. The van der Waals surface area contributed by atoms with Crippen molar-refractivity contribution in [3.05, 3.63) is 18.2 Å². The van der Waals surface area contributed by atoms with Gasteiger partial charge in [-0.25, -0.2) is 4.98 Å². The lowest BCUT2D eigenvalue weighted by molar-refractivity contribution is -0.130. The lowest BCUT2D eigenvalue weighted by Gasteiger charge is -2.22. The number of carbonyl (C=O) groups is 1. The molecule has 1 aliphatic carbocycles. The van der Waals surface area contributed by atoms with Crippen molar-refractivity contribution >= 4 is 5.78 Å². The molecule has 2 rings (SSSR count). The summed E-state index contributed by atoms with van der Waals surface area (Å²) in [6.45, 7) is 3.88. The molecule has 1 fully saturated rings. The molecule has 0 N–H and O–H groups in total. The first-order valence-electron chi connectivity index (χ1n) is 6.34. The molecule has 0 saturated heterocycles. The van der Waals surface area contributed by atoms with Crippen LogP contribution in [0.1, 0.15) is 38.9 Å². The van der Waals surface area contributed by atoms with Crippen LogP contribution < -0.4 is 0 Å². The number of nitriles is 1. The minimum atomic E-state index is -0.796. The van der Waals surface area contributed by atoms with Crippen molar-refractivity contribution in [3.63, 3.8) is 0 Å². The fourth-order valence-electron chi connectivity index (χ4n) is 2.76. The van der Waals surface area contributed by atoms with Gasteiger partial charge < -0.3 is 4.57 Å². The van der Waals surface area contributed by atoms with Crippen molar-refractivity contribution in [2.75, 3.05) is 0 Å². The highest BCUT2D eigenvalue weighted by Crippen LogP contribution is 2.47. The Morgan fingerprint density at radius 3 is 2.67 bits per heavy atom. The summed E-state index contributed by atoms with van der Waals surface area (Å²) in [5, 5.41) is 9.42. The number of hydrogen-bond donors (Lipinski definition) is 0. The topological polar surface area (TPSA) is 58.7 Å². The van der Waals surface area contributed by atoms with Gasteiger partial charge in [0.25, 0.3) is 0 Å². The molecule has 0 bridgehead atoms. The molecule has 18 heavy (non-hydrogen) atoms. The standard InChI is InChI=1S/C14H19N3O/c1-13(2)6-7-14(10-15,12(13)18)5-4-11-16-8-9-17(11)3/h8-9H,4-7H2,1-3H3. The van der Waals surface area contributed by atoms with Crippen LogP contribution in [0.5, 0.6) is 0 Å². The first-order chi connectivity index (χ1) is 8.41. The zero-order chi connectivity index (χ0) is 13.4. The van der Waals surface area contributed by atoms with E-state index in [1.54, 1.807) is 6.20 Å². The van der Waals surface area contributed by atoms with Crippen LogP contribution in [0.3, 0.4) is 0 Å². The second-order valence-electron chi connectivity index (χ2n) is 5.86. The van der Waals surface area contributed by atoms with Crippen LogP contribution >= 0.6 is 0 Å². The predicted molar refractivity (Wildman–Crippen MR) is 67.6 cm³/mol. The van der Waals surface area contributed by atoms with Gasteiger partial charge in [0, 0.05) is 31.3 Å². The van der Waals surface area contributed by atoms with E-state index in [1.165, 1.54) is 0 Å². The Labute approximate surface area is 108 Å². The van der Waals surface area contributed by atoms with Crippen LogP contribution in [-0.4, -0.2) is 15.3 Å². The first-order valence-corrected chi connectivity index (χ1v) is 6.34. The molecule has 0 aromatic carbocycles. The van der Waals surface area contributed by atoms with Crippen LogP contribution in [0.2, 0.25) is 0 Å². The highest BCUT2D eigenvalue weighted by molar-refractivity contribution is 5.94. The van der Waals surface area contributed by atoms with Gasteiger partial charge in [0.1, 0.15) is 11.2 Å². The second kappa shape index (κ2) is 4.24. The molecule has 96 valence electrons. The van der Waals surface area contributed by atoms with Crippen LogP contribution in [-0.2, 0) is 18.3 Å². The minimum Gasteiger partial charge on any atom is -0.338 e. The Balaban J connectivity index is 2.14. The summed E-state index contributed by atoms with van der Waals surface area (Å²) in [6, 6.07) is 2.28. The first kappa shape index (κ1) is 12.8. The third-order valence-electron chi connectivity index (χ3n) is 4.14. The molecular formula is C14H19N3O. The number of hydrogen-bond acceptors (Lipinski definition) is 3. The number of imidazole rings is 1. The Morgan fingerprint density at radius 2 is 2.22 bits per heavy atom. The fourth-order valence-corrected chi connectivity index (χ4v) is 2.76. The SMILES string of the molecule is Cn1ccnc1CCC1(C#N)CCC(C)(C)C1=O. The molecular weight excluding hydrogens is 226 g/mol. The van der Waals surface area contributed by atoms with Gasteiger partial charge in [-0.3, -0.25) is 4.79 Å². The van der Waals surface area contributed by atoms with Gasteiger partial charge in [-0.05, 0) is 19.3 Å². The largest absolute Gasteiger partial charge is 0.338 e. The molecule has 4 nitrogen and oxygen atoms in total. The van der Waals surface area contributed by atoms with E-state index in [0.29, 0.717) is 19.3 Å². The monoisotopic (exact) mass is 245 g/mol. The van der Waals surface area contributed by atoms with E-state index in [9.17, 15) is 10.1 Å². The average molecular weight is 245 g/mol. The molecule has 1 atom stereocenters. The number of ketones is 1. The highest BCUT2D eigenvalue weighted by Gasteiger charge is 2.51. The molecule has 1 saturated carbocycles. The predicted octanol–water partition coefficient (Wildman–Crippen LogP) is 2.25. The second-order valence-corrected chi connectivity index (χ2v) is 5.86. The van der Waals surface area contributed by atoms with Gasteiger partial charge in [0.05, 0.1) is 6.07 Å². The maximum absolute atomic E-state index is 12.4. The van der Waals surface area contributed by atoms with E-state index >= 15 is 0 Å². The molecule has 0 amide bonds. The van der Waals surface area contributed by atoms with Crippen molar-refractivity contribution in [1.29, 1.82) is 5.26 Å². The van der Waals surface area contributed by atoms with E-state index in [0.717, 1.165) is 12.2 Å². The van der Waals surface area contributed by atoms with Crippen molar-refractivity contribution in [1.82, 2.24) is 9.55 Å². The fraction of sp³-hybridized carbons (Fsp3) is 0.643. The lowest BCUT2D eigenvalue weighted by atomic mass is 9.78. The summed E-state index contributed by atoms with van der Waals surface area (Å²) >= 11 is 0. The van der Waals surface area contributed by atoms with Crippen LogP contribution in [0.4, 0.5) is 0 Å². The number of aryl methyl sites for hydroxylation is 2. The van der Waals surface area contributed by atoms with Crippen LogP contribution in [0.15, 0.2) is 12.4 Å². The Morgan fingerprint density at radius 1 is 1.50 bits per heavy atom. The van der Waals surface area contributed by atoms with E-state index in [4.69, 9.17) is 0 Å². The Kier molecular flexibility index (Phi) is 3.02. The van der Waals surface area contributed by atoms with Crippen molar-refractivity contribution < 1.29 is 4.79 Å². The maximum atomic E-state index is 12.4. The minimum absolute atomic E-state index is 0.103. The summed E-state index contributed by atoms with van der Waals surface area (Å²) in [4.78, 5) is 16.6. The summed E-state index contributed by atoms with van der Waals surface area (Å²) < 4.78 is 1.94. The number of nitrogens with zero attached hydrogens (tertiary/aromatic N) is 3. The van der Waals surface area contributed by atoms with Crippen LogP contribution in [0.25, 0.3) is 0 Å². The summed E-state index contributed by atoms with van der Waals surface area (Å²) in [6.07, 6.45) is 6.37. The van der Waals surface area contributed by atoms with E-state index in [-0.39, 0.29) is 11.2 Å². The Bertz CT molecular complexity index is 509. The summed E-state index contributed by atoms with van der Waals surface area (Å²) in [5.74, 6) is 1.04.